The highest BCUT2D eigenvalue weighted by atomic mass is 32.1. The molecule has 2 N–H and O–H groups in total. The fourth-order valence-corrected chi connectivity index (χ4v) is 3.15. The first kappa shape index (κ1) is 18.7. The van der Waals surface area contributed by atoms with Crippen molar-refractivity contribution in [1.29, 1.82) is 0 Å². The molecule has 0 spiro atoms. The van der Waals surface area contributed by atoms with Crippen LogP contribution in [0.3, 0.4) is 0 Å². The number of rotatable bonds is 6. The Bertz CT molecular complexity index is 1130. The molecule has 1 aromatic heterocycles. The Morgan fingerprint density at radius 3 is 2.56 bits per heavy atom. The summed E-state index contributed by atoms with van der Waals surface area (Å²) in [4.78, 5) is 26.8. The molecule has 0 amide bonds. The lowest BCUT2D eigenvalue weighted by Gasteiger charge is -2.11. The van der Waals surface area contributed by atoms with Crippen molar-refractivity contribution in [1.82, 2.24) is 9.55 Å². The van der Waals surface area contributed by atoms with Crippen LogP contribution in [0.1, 0.15) is 15.9 Å². The molecule has 0 bridgehead atoms. The number of carboxylic acids is 1. The summed E-state index contributed by atoms with van der Waals surface area (Å²) in [7, 11) is 3.14. The summed E-state index contributed by atoms with van der Waals surface area (Å²) >= 11 is 5.29. The van der Waals surface area contributed by atoms with Crippen LogP contribution in [0.4, 0.5) is 0 Å². The number of hydrogen-bond donors (Lipinski definition) is 2. The van der Waals surface area contributed by atoms with E-state index in [1.807, 2.05) is 18.2 Å². The number of aromatic nitrogens is 2. The first-order valence-corrected chi connectivity index (χ1v) is 8.56. The maximum atomic E-state index is 12.8. The number of nitrogens with zero attached hydrogens (tertiary/aromatic N) is 1. The summed E-state index contributed by atoms with van der Waals surface area (Å²) in [5.41, 5.74) is 1.21. The van der Waals surface area contributed by atoms with E-state index in [9.17, 15) is 9.59 Å². The van der Waals surface area contributed by atoms with E-state index in [0.717, 1.165) is 5.56 Å². The zero-order valence-electron chi connectivity index (χ0n) is 14.8. The number of aryl methyl sites for hydroxylation is 1. The third kappa shape index (κ3) is 3.70. The van der Waals surface area contributed by atoms with Crippen molar-refractivity contribution in [3.8, 4) is 11.5 Å². The molecular formula is C19H18N2O5S. The fourth-order valence-electron chi connectivity index (χ4n) is 2.87. The van der Waals surface area contributed by atoms with Crippen LogP contribution in [0.5, 0.6) is 11.5 Å². The number of aromatic amines is 1. The predicted octanol–water partition coefficient (Wildman–Crippen LogP) is 3.02. The van der Waals surface area contributed by atoms with Crippen molar-refractivity contribution in [3.05, 3.63) is 62.6 Å². The Labute approximate surface area is 159 Å². The van der Waals surface area contributed by atoms with E-state index in [4.69, 9.17) is 26.8 Å². The second-order valence-electron chi connectivity index (χ2n) is 5.89. The zero-order valence-corrected chi connectivity index (χ0v) is 15.6. The number of benzene rings is 2. The second-order valence-corrected chi connectivity index (χ2v) is 6.28. The molecule has 3 rings (SSSR count). The van der Waals surface area contributed by atoms with Gasteiger partial charge in [0.2, 0.25) is 0 Å². The monoisotopic (exact) mass is 386 g/mol. The van der Waals surface area contributed by atoms with Crippen LogP contribution in [0.25, 0.3) is 10.9 Å². The van der Waals surface area contributed by atoms with Crippen LogP contribution in [-0.2, 0) is 13.0 Å². The lowest BCUT2D eigenvalue weighted by atomic mass is 10.1. The summed E-state index contributed by atoms with van der Waals surface area (Å²) in [5.74, 6) is 0.191. The Kier molecular flexibility index (Phi) is 5.27. The molecule has 7 nitrogen and oxygen atoms in total. The zero-order chi connectivity index (χ0) is 19.6. The quantitative estimate of drug-likeness (QED) is 0.633. The number of carbonyl (C=O) groups is 1. The highest BCUT2D eigenvalue weighted by molar-refractivity contribution is 7.71. The van der Waals surface area contributed by atoms with Gasteiger partial charge in [0, 0.05) is 6.54 Å². The SMILES string of the molecule is COc1ccc(CCn2c(=S)[nH]c3cc(C(=O)O)ccc3c2=O)cc1OC. The van der Waals surface area contributed by atoms with Crippen molar-refractivity contribution in [2.45, 2.75) is 13.0 Å². The number of hydrogen-bond acceptors (Lipinski definition) is 5. The molecule has 140 valence electrons. The van der Waals surface area contributed by atoms with Crippen molar-refractivity contribution in [2.24, 2.45) is 0 Å². The second kappa shape index (κ2) is 7.63. The number of fused-ring (bicyclic) bond motifs is 1. The molecule has 0 saturated carbocycles. The topological polar surface area (TPSA) is 93.5 Å². The van der Waals surface area contributed by atoms with E-state index in [2.05, 4.69) is 4.98 Å². The number of H-pyrrole nitrogens is 1. The largest absolute Gasteiger partial charge is 0.493 e. The summed E-state index contributed by atoms with van der Waals surface area (Å²) < 4.78 is 12.2. The lowest BCUT2D eigenvalue weighted by Crippen LogP contribution is -2.23. The highest BCUT2D eigenvalue weighted by Gasteiger charge is 2.10. The summed E-state index contributed by atoms with van der Waals surface area (Å²) in [6.45, 7) is 0.375. The molecule has 2 aromatic carbocycles. The van der Waals surface area contributed by atoms with Gasteiger partial charge >= 0.3 is 5.97 Å². The first-order valence-electron chi connectivity index (χ1n) is 8.15. The Hall–Kier alpha value is -3.13. The molecule has 0 atom stereocenters. The number of nitrogens with one attached hydrogen (secondary N) is 1. The van der Waals surface area contributed by atoms with Gasteiger partial charge in [0.15, 0.2) is 16.3 Å². The van der Waals surface area contributed by atoms with Gasteiger partial charge in [-0.25, -0.2) is 4.79 Å². The summed E-state index contributed by atoms with van der Waals surface area (Å²) in [5, 5.41) is 9.48. The van der Waals surface area contributed by atoms with Crippen LogP contribution in [-0.4, -0.2) is 34.8 Å². The minimum absolute atomic E-state index is 0.0932. The smallest absolute Gasteiger partial charge is 0.335 e. The fraction of sp³-hybridized carbons (Fsp3) is 0.211. The van der Waals surface area contributed by atoms with Crippen molar-refractivity contribution < 1.29 is 19.4 Å². The van der Waals surface area contributed by atoms with E-state index in [-0.39, 0.29) is 15.9 Å². The molecular weight excluding hydrogens is 368 g/mol. The molecule has 0 saturated heterocycles. The summed E-state index contributed by atoms with van der Waals surface area (Å²) in [6, 6.07) is 9.89. The average Bonchev–Trinajstić information content (AvgIpc) is 2.67. The van der Waals surface area contributed by atoms with Gasteiger partial charge in [-0.1, -0.05) is 6.07 Å². The van der Waals surface area contributed by atoms with Gasteiger partial charge in [0.05, 0.1) is 30.7 Å². The minimum atomic E-state index is -1.06. The average molecular weight is 386 g/mol. The number of ether oxygens (including phenoxy) is 2. The molecule has 27 heavy (non-hydrogen) atoms. The molecule has 0 fully saturated rings. The van der Waals surface area contributed by atoms with E-state index >= 15 is 0 Å². The van der Waals surface area contributed by atoms with E-state index < -0.39 is 5.97 Å². The Balaban J connectivity index is 1.94. The van der Waals surface area contributed by atoms with Crippen molar-refractivity contribution >= 4 is 29.1 Å². The molecule has 3 aromatic rings. The van der Waals surface area contributed by atoms with E-state index in [0.29, 0.717) is 35.4 Å². The third-order valence-electron chi connectivity index (χ3n) is 4.30. The molecule has 0 aliphatic carbocycles. The van der Waals surface area contributed by atoms with Gasteiger partial charge in [0.1, 0.15) is 0 Å². The Morgan fingerprint density at radius 1 is 1.15 bits per heavy atom. The minimum Gasteiger partial charge on any atom is -0.493 e. The van der Waals surface area contributed by atoms with Gasteiger partial charge in [-0.15, -0.1) is 0 Å². The molecule has 0 aliphatic heterocycles. The van der Waals surface area contributed by atoms with E-state index in [1.165, 1.54) is 22.8 Å². The standard InChI is InChI=1S/C19H18N2O5S/c1-25-15-6-3-11(9-16(15)26-2)7-8-21-17(22)13-5-4-12(18(23)24)10-14(13)20-19(21)27/h3-6,9-10H,7-8H2,1-2H3,(H,20,27)(H,23,24). The van der Waals surface area contributed by atoms with E-state index in [1.54, 1.807) is 14.2 Å². The molecule has 8 heteroatoms. The van der Waals surface area contributed by atoms with Gasteiger partial charge in [0.25, 0.3) is 5.56 Å². The van der Waals surface area contributed by atoms with Crippen LogP contribution < -0.4 is 15.0 Å². The molecule has 0 unspecified atom stereocenters. The normalized spacial score (nSPS) is 10.7. The Morgan fingerprint density at radius 2 is 1.89 bits per heavy atom. The van der Waals surface area contributed by atoms with Crippen LogP contribution in [0.2, 0.25) is 0 Å². The maximum absolute atomic E-state index is 12.8. The maximum Gasteiger partial charge on any atom is 0.335 e. The van der Waals surface area contributed by atoms with Gasteiger partial charge in [-0.2, -0.15) is 0 Å². The van der Waals surface area contributed by atoms with Gasteiger partial charge in [-0.05, 0) is 54.5 Å². The van der Waals surface area contributed by atoms with Crippen LogP contribution in [0, 0.1) is 4.77 Å². The first-order chi connectivity index (χ1) is 12.9. The third-order valence-corrected chi connectivity index (χ3v) is 4.62. The number of aromatic carboxylic acids is 1. The number of carboxylic acid groups (broad SMARTS) is 1. The van der Waals surface area contributed by atoms with Gasteiger partial charge < -0.3 is 19.6 Å². The van der Waals surface area contributed by atoms with Crippen molar-refractivity contribution in [2.75, 3.05) is 14.2 Å². The molecule has 0 aliphatic rings. The molecule has 1 heterocycles. The summed E-state index contributed by atoms with van der Waals surface area (Å²) in [6.07, 6.45) is 0.566. The predicted molar refractivity (Wildman–Crippen MR) is 104 cm³/mol. The van der Waals surface area contributed by atoms with Crippen molar-refractivity contribution in [3.63, 3.8) is 0 Å². The molecule has 0 radical (unpaired) electrons. The van der Waals surface area contributed by atoms with Crippen LogP contribution in [0.15, 0.2) is 41.2 Å². The highest BCUT2D eigenvalue weighted by Crippen LogP contribution is 2.27. The van der Waals surface area contributed by atoms with Gasteiger partial charge in [-0.3, -0.25) is 9.36 Å². The number of methoxy groups -OCH3 is 2. The lowest BCUT2D eigenvalue weighted by molar-refractivity contribution is 0.0697. The van der Waals surface area contributed by atoms with Crippen LogP contribution >= 0.6 is 12.2 Å².